The van der Waals surface area contributed by atoms with Gasteiger partial charge < -0.3 is 25.8 Å². The molecule has 2 aliphatic heterocycles. The van der Waals surface area contributed by atoms with Crippen molar-refractivity contribution in [2.75, 3.05) is 18.9 Å². The first kappa shape index (κ1) is 31.3. The van der Waals surface area contributed by atoms with E-state index < -0.39 is 69.5 Å². The van der Waals surface area contributed by atoms with E-state index in [1.54, 1.807) is 6.07 Å². The van der Waals surface area contributed by atoms with E-state index in [9.17, 15) is 23.2 Å². The Hall–Kier alpha value is -2.18. The Morgan fingerprint density at radius 1 is 1.14 bits per heavy atom. The molecule has 2 fully saturated rings. The highest BCUT2D eigenvalue weighted by atomic mass is 32.7. The third-order valence-corrected chi connectivity index (χ3v) is 9.02. The highest BCUT2D eigenvalue weighted by Gasteiger charge is 2.44. The van der Waals surface area contributed by atoms with Crippen LogP contribution in [0.3, 0.4) is 0 Å². The van der Waals surface area contributed by atoms with Crippen molar-refractivity contribution in [3.63, 3.8) is 0 Å². The van der Waals surface area contributed by atoms with Gasteiger partial charge in [-0.3, -0.25) is 27.9 Å². The number of alkyl halides is 1. The van der Waals surface area contributed by atoms with Crippen LogP contribution in [-0.4, -0.2) is 73.0 Å². The largest absolute Gasteiger partial charge is 0.386 e. The summed E-state index contributed by atoms with van der Waals surface area (Å²) in [6.07, 6.45) is -2.19. The van der Waals surface area contributed by atoms with Crippen molar-refractivity contribution in [1.82, 2.24) is 24.5 Å². The molecule has 2 saturated heterocycles. The van der Waals surface area contributed by atoms with Gasteiger partial charge in [-0.25, -0.2) is 28.5 Å². The normalized spacial score (nSPS) is 29.0. The van der Waals surface area contributed by atoms with Crippen LogP contribution in [0.4, 0.5) is 10.2 Å². The maximum atomic E-state index is 14.8. The number of fused-ring (bicyclic) bond motifs is 1. The number of carbonyl (C=O) groups is 1. The summed E-state index contributed by atoms with van der Waals surface area (Å²) in [6, 6.07) is 2.98. The van der Waals surface area contributed by atoms with Gasteiger partial charge in [0.2, 0.25) is 0 Å². The number of nitrogens with zero attached hydrogens (tertiary/aromatic N) is 5. The summed E-state index contributed by atoms with van der Waals surface area (Å²) in [5.74, 6) is -0.593. The maximum absolute atomic E-state index is 14.8. The zero-order valence-corrected chi connectivity index (χ0v) is 25.0. The molecular formula is C21H26FN7O9P2S2. The number of primary amides is 1. The summed E-state index contributed by atoms with van der Waals surface area (Å²) < 4.78 is 68.8. The van der Waals surface area contributed by atoms with Crippen LogP contribution in [0.25, 0.3) is 11.2 Å². The number of pyridine rings is 1. The number of nitrogen functional groups attached to an aromatic ring is 1. The van der Waals surface area contributed by atoms with Crippen LogP contribution in [0.5, 0.6) is 0 Å². The van der Waals surface area contributed by atoms with E-state index in [1.807, 2.05) is 0 Å². The number of amides is 1. The molecule has 0 radical (unpaired) electrons. The minimum atomic E-state index is -4.20. The lowest BCUT2D eigenvalue weighted by Gasteiger charge is -2.23. The van der Waals surface area contributed by atoms with Crippen molar-refractivity contribution < 1.29 is 46.3 Å². The number of hydrogen-bond donors (Lipinski definition) is 5. The van der Waals surface area contributed by atoms with Crippen molar-refractivity contribution in [3.8, 4) is 0 Å². The summed E-state index contributed by atoms with van der Waals surface area (Å²) in [7, 11) is 0. The van der Waals surface area contributed by atoms with Gasteiger partial charge in [-0.2, -0.15) is 0 Å². The third kappa shape index (κ3) is 7.30. The standard InChI is InChI=1S/C21H26FN7O9P2S2/c22-11-4-13(10-1-2-25-12(3-10)20(24)30)36-15(11)6-35-40(33,42)38-14-5-17(37-16(14)7-34-39(31,32)41)29-9-28-18-19(23)26-8-27-21(18)29/h1-3,8-9,11,13-17H,4-7H2,(H2,24,30)(H,33,42)(H2,23,26,27)(H2,31,32,41)/t11-,13+,14-,15+,16+,17+,40?/m0/s1. The molecular weight excluding hydrogens is 639 g/mol. The van der Waals surface area contributed by atoms with Crippen molar-refractivity contribution in [1.29, 1.82) is 0 Å². The van der Waals surface area contributed by atoms with E-state index in [1.165, 1.54) is 29.5 Å². The molecule has 0 aliphatic carbocycles. The fourth-order valence-electron chi connectivity index (χ4n) is 4.60. The van der Waals surface area contributed by atoms with Gasteiger partial charge in [0.15, 0.2) is 11.5 Å². The third-order valence-electron chi connectivity index (χ3n) is 6.55. The predicted octanol–water partition coefficient (Wildman–Crippen LogP) is 2.54. The van der Waals surface area contributed by atoms with Gasteiger partial charge in [-0.1, -0.05) is 24.5 Å². The predicted molar refractivity (Wildman–Crippen MR) is 150 cm³/mol. The number of carbonyl (C=O) groups excluding carboxylic acids is 1. The maximum Gasteiger partial charge on any atom is 0.386 e. The lowest BCUT2D eigenvalue weighted by Crippen LogP contribution is -2.28. The molecule has 0 saturated carbocycles. The number of imidazole rings is 1. The Morgan fingerprint density at radius 2 is 1.90 bits per heavy atom. The molecule has 2 aliphatic rings. The van der Waals surface area contributed by atoms with Gasteiger partial charge in [-0.15, -0.1) is 0 Å². The molecule has 5 N–H and O–H groups in total. The van der Waals surface area contributed by atoms with Crippen LogP contribution >= 0.6 is 38.1 Å². The first-order valence-electron chi connectivity index (χ1n) is 12.3. The summed E-state index contributed by atoms with van der Waals surface area (Å²) in [6.45, 7) is -9.31. The van der Waals surface area contributed by atoms with Gasteiger partial charge >= 0.3 is 13.6 Å². The molecule has 5 heterocycles. The Morgan fingerprint density at radius 3 is 2.64 bits per heavy atom. The average molecular weight is 666 g/mol. The summed E-state index contributed by atoms with van der Waals surface area (Å²) in [5, 5.41) is 0. The molecule has 8 atom stereocenters. The number of hydrogen-bond acceptors (Lipinski definition) is 13. The number of thiol groups is 2. The topological polar surface area (TPSA) is 226 Å². The molecule has 0 spiro atoms. The number of nitrogens with two attached hydrogens (primary N) is 2. The van der Waals surface area contributed by atoms with E-state index in [0.29, 0.717) is 16.7 Å². The van der Waals surface area contributed by atoms with E-state index >= 15 is 0 Å². The molecule has 228 valence electrons. The Bertz CT molecular complexity index is 1570. The average Bonchev–Trinajstić information content (AvgIpc) is 3.63. The van der Waals surface area contributed by atoms with Crippen molar-refractivity contribution >= 4 is 61.0 Å². The molecule has 1 amide bonds. The van der Waals surface area contributed by atoms with Crippen LogP contribution in [0, 0.1) is 0 Å². The van der Waals surface area contributed by atoms with Crippen molar-refractivity contribution in [3.05, 3.63) is 42.2 Å². The first-order valence-corrected chi connectivity index (χ1v) is 17.7. The van der Waals surface area contributed by atoms with Crippen LogP contribution in [-0.2, 0) is 32.2 Å². The number of aromatic nitrogens is 5. The molecule has 0 bridgehead atoms. The number of halogens is 1. The molecule has 21 heteroatoms. The number of ether oxygens (including phenoxy) is 2. The van der Waals surface area contributed by atoms with Crippen LogP contribution < -0.4 is 11.5 Å². The smallest absolute Gasteiger partial charge is 0.382 e. The summed E-state index contributed by atoms with van der Waals surface area (Å²) in [4.78, 5) is 37.0. The monoisotopic (exact) mass is 665 g/mol. The van der Waals surface area contributed by atoms with E-state index in [2.05, 4.69) is 44.4 Å². The highest BCUT2D eigenvalue weighted by Crippen LogP contribution is 2.57. The second kappa shape index (κ2) is 12.4. The van der Waals surface area contributed by atoms with Gasteiger partial charge in [0, 0.05) is 19.0 Å². The summed E-state index contributed by atoms with van der Waals surface area (Å²) in [5.41, 5.74) is 12.3. The van der Waals surface area contributed by atoms with Crippen LogP contribution in [0.2, 0.25) is 0 Å². The number of anilines is 1. The van der Waals surface area contributed by atoms with Crippen molar-refractivity contribution in [2.45, 2.75) is 49.7 Å². The quantitative estimate of drug-likeness (QED) is 0.147. The van der Waals surface area contributed by atoms with Gasteiger partial charge in [0.25, 0.3) is 5.91 Å². The minimum Gasteiger partial charge on any atom is -0.382 e. The zero-order chi connectivity index (χ0) is 30.2. The van der Waals surface area contributed by atoms with E-state index in [0.717, 1.165) is 0 Å². The second-order valence-electron chi connectivity index (χ2n) is 9.40. The lowest BCUT2D eigenvalue weighted by atomic mass is 10.1. The molecule has 3 aromatic rings. The Kier molecular flexibility index (Phi) is 9.25. The Labute approximate surface area is 248 Å². The van der Waals surface area contributed by atoms with Gasteiger partial charge in [0.05, 0.1) is 25.6 Å². The van der Waals surface area contributed by atoms with Gasteiger partial charge in [-0.05, 0) is 17.7 Å². The zero-order valence-electron chi connectivity index (χ0n) is 21.5. The fraction of sp³-hybridized carbons (Fsp3) is 0.476. The fourth-order valence-corrected chi connectivity index (χ4v) is 6.67. The van der Waals surface area contributed by atoms with Crippen molar-refractivity contribution in [2.24, 2.45) is 5.73 Å². The molecule has 42 heavy (non-hydrogen) atoms. The first-order chi connectivity index (χ1) is 19.8. The molecule has 16 nitrogen and oxygen atoms in total. The SMILES string of the molecule is NC(=O)c1cc([C@H]2C[C@H](F)[C@@H](COP(=O)(S)O[C@H]3C[C@H](n4cnc5c(N)ncnc54)O[C@@H]3COP(=O)(O)S)O2)ccn1. The molecule has 0 aromatic carbocycles. The van der Waals surface area contributed by atoms with Gasteiger partial charge in [0.1, 0.15) is 48.2 Å². The number of rotatable bonds is 11. The van der Waals surface area contributed by atoms with Crippen LogP contribution in [0.1, 0.15) is 41.2 Å². The second-order valence-corrected chi connectivity index (χ2v) is 15.0. The lowest BCUT2D eigenvalue weighted by molar-refractivity contribution is -0.0380. The molecule has 2 unspecified atom stereocenters. The minimum absolute atomic E-state index is 0.00478. The van der Waals surface area contributed by atoms with Crippen LogP contribution in [0.15, 0.2) is 31.0 Å². The Balaban J connectivity index is 1.25. The molecule has 5 rings (SSSR count). The highest BCUT2D eigenvalue weighted by molar-refractivity contribution is 8.44. The summed E-state index contributed by atoms with van der Waals surface area (Å²) >= 11 is 7.54. The molecule has 3 aromatic heterocycles. The van der Waals surface area contributed by atoms with E-state index in [-0.39, 0.29) is 24.4 Å². The van der Waals surface area contributed by atoms with E-state index in [4.69, 9.17) is 34.5 Å².